The van der Waals surface area contributed by atoms with Gasteiger partial charge in [-0.3, -0.25) is 9.59 Å². The molecule has 0 aliphatic rings. The average Bonchev–Trinajstić information content (AvgIpc) is 2.56. The zero-order valence-electron chi connectivity index (χ0n) is 14.9. The minimum atomic E-state index is -0.171. The number of anilines is 3. The van der Waals surface area contributed by atoms with Gasteiger partial charge >= 0.3 is 0 Å². The van der Waals surface area contributed by atoms with Crippen molar-refractivity contribution >= 4 is 28.9 Å². The molecule has 6 nitrogen and oxygen atoms in total. The molecule has 0 spiro atoms. The van der Waals surface area contributed by atoms with Crippen molar-refractivity contribution in [2.24, 2.45) is 0 Å². The Balaban J connectivity index is 2.02. The number of amides is 2. The summed E-state index contributed by atoms with van der Waals surface area (Å²) in [7, 11) is 1.55. The molecule has 0 saturated heterocycles. The van der Waals surface area contributed by atoms with Crippen LogP contribution in [0.3, 0.4) is 0 Å². The van der Waals surface area contributed by atoms with Gasteiger partial charge in [0.15, 0.2) is 0 Å². The highest BCUT2D eigenvalue weighted by Crippen LogP contribution is 2.27. The smallest absolute Gasteiger partial charge is 0.243 e. The summed E-state index contributed by atoms with van der Waals surface area (Å²) in [5, 5.41) is 8.59. The summed E-state index contributed by atoms with van der Waals surface area (Å²) in [6, 6.07) is 11.0. The second-order valence-electron chi connectivity index (χ2n) is 5.80. The van der Waals surface area contributed by atoms with Gasteiger partial charge < -0.3 is 20.7 Å². The van der Waals surface area contributed by atoms with E-state index in [9.17, 15) is 9.59 Å². The molecule has 0 fully saturated rings. The van der Waals surface area contributed by atoms with Crippen LogP contribution in [0.15, 0.2) is 36.4 Å². The van der Waals surface area contributed by atoms with Gasteiger partial charge in [-0.2, -0.15) is 0 Å². The molecular formula is C19H23N3O3. The molecule has 0 aliphatic heterocycles. The van der Waals surface area contributed by atoms with Crippen molar-refractivity contribution < 1.29 is 14.3 Å². The topological polar surface area (TPSA) is 79.5 Å². The van der Waals surface area contributed by atoms with Crippen LogP contribution in [0, 0.1) is 13.8 Å². The maximum Gasteiger partial charge on any atom is 0.243 e. The lowest BCUT2D eigenvalue weighted by atomic mass is 10.1. The molecule has 0 heterocycles. The van der Waals surface area contributed by atoms with Crippen molar-refractivity contribution in [1.29, 1.82) is 0 Å². The Bertz CT molecular complexity index is 787. The Morgan fingerprint density at radius 2 is 1.64 bits per heavy atom. The Hall–Kier alpha value is -3.02. The fourth-order valence-electron chi connectivity index (χ4n) is 2.33. The molecule has 2 rings (SSSR count). The Morgan fingerprint density at radius 3 is 2.28 bits per heavy atom. The summed E-state index contributed by atoms with van der Waals surface area (Å²) in [6.07, 6.45) is 0. The Kier molecular flexibility index (Phi) is 6.00. The van der Waals surface area contributed by atoms with E-state index < -0.39 is 0 Å². The van der Waals surface area contributed by atoms with E-state index in [0.29, 0.717) is 17.1 Å². The van der Waals surface area contributed by atoms with E-state index in [1.807, 2.05) is 32.0 Å². The molecule has 0 aliphatic carbocycles. The molecule has 0 aromatic heterocycles. The number of ether oxygens (including phenoxy) is 1. The van der Waals surface area contributed by atoms with Crippen molar-refractivity contribution in [1.82, 2.24) is 0 Å². The zero-order valence-corrected chi connectivity index (χ0v) is 14.9. The summed E-state index contributed by atoms with van der Waals surface area (Å²) >= 11 is 0. The van der Waals surface area contributed by atoms with E-state index in [4.69, 9.17) is 4.74 Å². The SMILES string of the molecule is COc1ccc(NC(C)=O)cc1NCC(=O)Nc1ccc(C)c(C)c1. The standard InChI is InChI=1S/C19H23N3O3/c1-12-5-6-15(9-13(12)2)22-19(24)11-20-17-10-16(21-14(3)23)7-8-18(17)25-4/h5-10,20H,11H2,1-4H3,(H,21,23)(H,22,24). The van der Waals surface area contributed by atoms with Gasteiger partial charge in [0.05, 0.1) is 19.3 Å². The first-order valence-electron chi connectivity index (χ1n) is 7.95. The number of carbonyl (C=O) groups is 2. The third-order valence-electron chi connectivity index (χ3n) is 3.75. The van der Waals surface area contributed by atoms with Crippen molar-refractivity contribution in [2.75, 3.05) is 29.6 Å². The molecule has 2 aromatic rings. The minimum Gasteiger partial charge on any atom is -0.495 e. The first-order valence-corrected chi connectivity index (χ1v) is 7.95. The summed E-state index contributed by atoms with van der Waals surface area (Å²) in [5.41, 5.74) is 4.31. The number of methoxy groups -OCH3 is 1. The first-order chi connectivity index (χ1) is 11.9. The quantitative estimate of drug-likeness (QED) is 0.753. The van der Waals surface area contributed by atoms with Crippen LogP contribution in [-0.4, -0.2) is 25.5 Å². The molecule has 0 atom stereocenters. The number of aryl methyl sites for hydroxylation is 2. The number of hydrogen-bond acceptors (Lipinski definition) is 4. The van der Waals surface area contributed by atoms with Crippen LogP contribution in [0.25, 0.3) is 0 Å². The van der Waals surface area contributed by atoms with E-state index in [2.05, 4.69) is 16.0 Å². The molecule has 2 aromatic carbocycles. The summed E-state index contributed by atoms with van der Waals surface area (Å²) < 4.78 is 5.28. The molecular weight excluding hydrogens is 318 g/mol. The van der Waals surface area contributed by atoms with Crippen LogP contribution in [0.2, 0.25) is 0 Å². The molecule has 2 amide bonds. The lowest BCUT2D eigenvalue weighted by molar-refractivity contribution is -0.115. The van der Waals surface area contributed by atoms with E-state index >= 15 is 0 Å². The van der Waals surface area contributed by atoms with Crippen LogP contribution < -0.4 is 20.7 Å². The summed E-state index contributed by atoms with van der Waals surface area (Å²) in [6.45, 7) is 5.54. The van der Waals surface area contributed by atoms with E-state index in [1.54, 1.807) is 25.3 Å². The first kappa shape index (κ1) is 18.3. The van der Waals surface area contributed by atoms with Gasteiger partial charge in [-0.1, -0.05) is 6.07 Å². The van der Waals surface area contributed by atoms with Crippen molar-refractivity contribution in [3.63, 3.8) is 0 Å². The Morgan fingerprint density at radius 1 is 0.960 bits per heavy atom. The maximum absolute atomic E-state index is 12.2. The molecule has 132 valence electrons. The third-order valence-corrected chi connectivity index (χ3v) is 3.75. The zero-order chi connectivity index (χ0) is 18.4. The molecule has 3 N–H and O–H groups in total. The van der Waals surface area contributed by atoms with Crippen LogP contribution in [0.4, 0.5) is 17.1 Å². The number of benzene rings is 2. The summed E-state index contributed by atoms with van der Waals surface area (Å²) in [4.78, 5) is 23.3. The largest absolute Gasteiger partial charge is 0.495 e. The van der Waals surface area contributed by atoms with Gasteiger partial charge in [0.25, 0.3) is 0 Å². The molecule has 0 unspecified atom stereocenters. The summed E-state index contributed by atoms with van der Waals surface area (Å²) in [5.74, 6) is 0.256. The minimum absolute atomic E-state index is 0.0762. The molecule has 6 heteroatoms. The van der Waals surface area contributed by atoms with E-state index in [0.717, 1.165) is 11.3 Å². The van der Waals surface area contributed by atoms with E-state index in [1.165, 1.54) is 12.5 Å². The molecule has 25 heavy (non-hydrogen) atoms. The predicted octanol–water partition coefficient (Wildman–Crippen LogP) is 3.32. The van der Waals surface area contributed by atoms with Crippen molar-refractivity contribution in [3.8, 4) is 5.75 Å². The van der Waals surface area contributed by atoms with Gasteiger partial charge in [0.2, 0.25) is 11.8 Å². The van der Waals surface area contributed by atoms with E-state index in [-0.39, 0.29) is 18.4 Å². The fraction of sp³-hybridized carbons (Fsp3) is 0.263. The van der Waals surface area contributed by atoms with Gasteiger partial charge in [0, 0.05) is 18.3 Å². The fourth-order valence-corrected chi connectivity index (χ4v) is 2.33. The van der Waals surface area contributed by atoms with Gasteiger partial charge in [-0.25, -0.2) is 0 Å². The third kappa shape index (κ3) is 5.24. The van der Waals surface area contributed by atoms with Gasteiger partial charge in [-0.15, -0.1) is 0 Å². The van der Waals surface area contributed by atoms with Crippen LogP contribution in [0.5, 0.6) is 5.75 Å². The second kappa shape index (κ2) is 8.19. The van der Waals surface area contributed by atoms with Crippen molar-refractivity contribution in [3.05, 3.63) is 47.5 Å². The van der Waals surface area contributed by atoms with Crippen molar-refractivity contribution in [2.45, 2.75) is 20.8 Å². The predicted molar refractivity (Wildman–Crippen MR) is 100 cm³/mol. The highest BCUT2D eigenvalue weighted by molar-refractivity contribution is 5.94. The number of carbonyl (C=O) groups excluding carboxylic acids is 2. The van der Waals surface area contributed by atoms with Crippen LogP contribution >= 0.6 is 0 Å². The molecule has 0 radical (unpaired) electrons. The Labute approximate surface area is 147 Å². The highest BCUT2D eigenvalue weighted by atomic mass is 16.5. The maximum atomic E-state index is 12.2. The monoisotopic (exact) mass is 341 g/mol. The lowest BCUT2D eigenvalue weighted by Gasteiger charge is -2.13. The molecule has 0 bridgehead atoms. The van der Waals surface area contributed by atoms with Gasteiger partial charge in [-0.05, 0) is 55.3 Å². The molecule has 0 saturated carbocycles. The van der Waals surface area contributed by atoms with Crippen LogP contribution in [-0.2, 0) is 9.59 Å². The normalized spacial score (nSPS) is 10.1. The van der Waals surface area contributed by atoms with Gasteiger partial charge in [0.1, 0.15) is 5.75 Å². The number of hydrogen-bond donors (Lipinski definition) is 3. The lowest BCUT2D eigenvalue weighted by Crippen LogP contribution is -2.22. The highest BCUT2D eigenvalue weighted by Gasteiger charge is 2.08. The van der Waals surface area contributed by atoms with Crippen LogP contribution in [0.1, 0.15) is 18.1 Å². The second-order valence-corrected chi connectivity index (χ2v) is 5.80. The average molecular weight is 341 g/mol. The number of rotatable bonds is 6. The number of nitrogens with one attached hydrogen (secondary N) is 3.